The number of nitrogens with one attached hydrogen (secondary N) is 1. The van der Waals surface area contributed by atoms with E-state index in [4.69, 9.17) is 4.98 Å². The summed E-state index contributed by atoms with van der Waals surface area (Å²) in [5, 5.41) is 9.44. The van der Waals surface area contributed by atoms with Crippen LogP contribution in [0.25, 0.3) is 32.0 Å². The number of likely N-dealkylation sites (N-methyl/N-ethyl adjacent to an activating group) is 1. The lowest BCUT2D eigenvalue weighted by Gasteiger charge is -2.28. The Balaban J connectivity index is 1.55. The van der Waals surface area contributed by atoms with Gasteiger partial charge in [0.1, 0.15) is 16.4 Å². The Labute approximate surface area is 197 Å². The molecule has 4 heterocycles. The Kier molecular flexibility index (Phi) is 5.72. The van der Waals surface area contributed by atoms with Crippen molar-refractivity contribution in [2.24, 2.45) is 0 Å². The number of carbonyl (C=O) groups excluding carboxylic acids is 1. The molecule has 7 nitrogen and oxygen atoms in total. The first kappa shape index (κ1) is 21.7. The van der Waals surface area contributed by atoms with Crippen molar-refractivity contribution in [3.8, 4) is 21.1 Å². The topological polar surface area (TPSA) is 78.0 Å². The molecule has 1 aromatic carbocycles. The van der Waals surface area contributed by atoms with Crippen LogP contribution in [0.15, 0.2) is 42.7 Å². The van der Waals surface area contributed by atoms with Gasteiger partial charge in [-0.05, 0) is 45.9 Å². The number of amides is 1. The van der Waals surface area contributed by atoms with Crippen LogP contribution >= 0.6 is 11.3 Å². The second-order valence-electron chi connectivity index (χ2n) is 8.96. The fourth-order valence-corrected chi connectivity index (χ4v) is 5.50. The molecular weight excluding hydrogens is 432 g/mol. The summed E-state index contributed by atoms with van der Waals surface area (Å²) in [6, 6.07) is 10.8. The Hall–Kier alpha value is -3.10. The van der Waals surface area contributed by atoms with E-state index in [-0.39, 0.29) is 5.91 Å². The number of pyridine rings is 1. The maximum atomic E-state index is 13.7. The average Bonchev–Trinajstić information content (AvgIpc) is 3.56. The van der Waals surface area contributed by atoms with Gasteiger partial charge in [-0.3, -0.25) is 19.8 Å². The van der Waals surface area contributed by atoms with Crippen LogP contribution in [0, 0.1) is 6.92 Å². The molecular formula is C25H28N6OS. The smallest absolute Gasteiger partial charge is 0.274 e. The number of thiazole rings is 1. The van der Waals surface area contributed by atoms with Gasteiger partial charge >= 0.3 is 0 Å². The minimum absolute atomic E-state index is 0.0176. The van der Waals surface area contributed by atoms with Crippen LogP contribution in [0.4, 0.5) is 0 Å². The predicted octanol–water partition coefficient (Wildman–Crippen LogP) is 4.61. The first-order valence-corrected chi connectivity index (χ1v) is 12.1. The van der Waals surface area contributed by atoms with Gasteiger partial charge in [-0.15, -0.1) is 11.3 Å². The number of likely N-dealkylation sites (tertiary alicyclic amines) is 1. The number of H-pyrrole nitrogens is 1. The number of fused-ring (bicyclic) bond motifs is 1. The fraction of sp³-hybridized carbons (Fsp3) is 0.360. The van der Waals surface area contributed by atoms with E-state index in [1.54, 1.807) is 12.4 Å². The highest BCUT2D eigenvalue weighted by Gasteiger charge is 2.33. The average molecular weight is 461 g/mol. The van der Waals surface area contributed by atoms with Crippen molar-refractivity contribution < 1.29 is 4.79 Å². The Bertz CT molecular complexity index is 1290. The summed E-state index contributed by atoms with van der Waals surface area (Å²) < 4.78 is 0. The van der Waals surface area contributed by atoms with Crippen molar-refractivity contribution in [1.82, 2.24) is 30.0 Å². The Morgan fingerprint density at radius 3 is 2.88 bits per heavy atom. The Morgan fingerprint density at radius 2 is 2.12 bits per heavy atom. The van der Waals surface area contributed by atoms with Crippen molar-refractivity contribution in [1.29, 1.82) is 0 Å². The minimum Gasteiger partial charge on any atom is -0.336 e. The second-order valence-corrected chi connectivity index (χ2v) is 9.96. The molecule has 3 aromatic heterocycles. The molecule has 1 aliphatic rings. The number of aryl methyl sites for hydroxylation is 1. The van der Waals surface area contributed by atoms with Gasteiger partial charge in [0.25, 0.3) is 5.91 Å². The van der Waals surface area contributed by atoms with Crippen LogP contribution in [0.2, 0.25) is 0 Å². The molecule has 0 spiro atoms. The number of hydrogen-bond donors (Lipinski definition) is 1. The van der Waals surface area contributed by atoms with Gasteiger partial charge in [0.15, 0.2) is 0 Å². The Morgan fingerprint density at radius 1 is 1.27 bits per heavy atom. The molecule has 170 valence electrons. The highest BCUT2D eigenvalue weighted by Crippen LogP contribution is 2.38. The number of carbonyl (C=O) groups is 1. The molecule has 0 saturated carbocycles. The molecule has 4 aromatic rings. The molecule has 0 bridgehead atoms. The summed E-state index contributed by atoms with van der Waals surface area (Å²) >= 11 is 1.51. The maximum Gasteiger partial charge on any atom is 0.274 e. The fourth-order valence-electron chi connectivity index (χ4n) is 4.44. The zero-order valence-corrected chi connectivity index (χ0v) is 20.2. The summed E-state index contributed by atoms with van der Waals surface area (Å²) in [6.07, 6.45) is 4.51. The summed E-state index contributed by atoms with van der Waals surface area (Å²) in [6.45, 7) is 7.89. The molecule has 1 N–H and O–H groups in total. The molecule has 1 aliphatic heterocycles. The van der Waals surface area contributed by atoms with Crippen LogP contribution in [0.1, 0.15) is 36.3 Å². The predicted molar refractivity (Wildman–Crippen MR) is 132 cm³/mol. The van der Waals surface area contributed by atoms with Crippen molar-refractivity contribution in [2.45, 2.75) is 39.3 Å². The molecule has 33 heavy (non-hydrogen) atoms. The van der Waals surface area contributed by atoms with Gasteiger partial charge in [0.2, 0.25) is 0 Å². The SMILES string of the molecule is Cc1cccc2c(-c3nc(C(=O)N4CC[C@H](N(C)C(C)C)C4)c(-c4cccnc4)s3)[nH]nc12. The number of benzene rings is 1. The minimum atomic E-state index is -0.0176. The number of rotatable bonds is 5. The third-order valence-corrected chi connectivity index (χ3v) is 7.72. The maximum absolute atomic E-state index is 13.7. The van der Waals surface area contributed by atoms with Crippen molar-refractivity contribution >= 4 is 28.1 Å². The molecule has 1 atom stereocenters. The highest BCUT2D eigenvalue weighted by molar-refractivity contribution is 7.18. The third kappa shape index (κ3) is 3.94. The highest BCUT2D eigenvalue weighted by atomic mass is 32.1. The van der Waals surface area contributed by atoms with Gasteiger partial charge in [-0.2, -0.15) is 5.10 Å². The van der Waals surface area contributed by atoms with Gasteiger partial charge in [0.05, 0.1) is 10.4 Å². The second kappa shape index (κ2) is 8.68. The van der Waals surface area contributed by atoms with Crippen LogP contribution < -0.4 is 0 Å². The molecule has 8 heteroatoms. The zero-order chi connectivity index (χ0) is 23.1. The van der Waals surface area contributed by atoms with E-state index >= 15 is 0 Å². The van der Waals surface area contributed by atoms with E-state index in [2.05, 4.69) is 41.0 Å². The zero-order valence-electron chi connectivity index (χ0n) is 19.4. The number of aromatic nitrogens is 4. The largest absolute Gasteiger partial charge is 0.336 e. The normalized spacial score (nSPS) is 16.4. The lowest BCUT2D eigenvalue weighted by Crippen LogP contribution is -2.40. The molecule has 0 aliphatic carbocycles. The van der Waals surface area contributed by atoms with Gasteiger partial charge in [0, 0.05) is 48.5 Å². The van der Waals surface area contributed by atoms with Crippen LogP contribution in [-0.2, 0) is 0 Å². The summed E-state index contributed by atoms with van der Waals surface area (Å²) in [5.41, 5.74) is 4.28. The van der Waals surface area contributed by atoms with E-state index < -0.39 is 0 Å². The van der Waals surface area contributed by atoms with E-state index in [1.165, 1.54) is 11.3 Å². The number of para-hydroxylation sites is 1. The van der Waals surface area contributed by atoms with Crippen molar-refractivity contribution in [2.75, 3.05) is 20.1 Å². The molecule has 1 saturated heterocycles. The van der Waals surface area contributed by atoms with Crippen molar-refractivity contribution in [3.05, 3.63) is 54.0 Å². The van der Waals surface area contributed by atoms with Crippen molar-refractivity contribution in [3.63, 3.8) is 0 Å². The summed E-state index contributed by atoms with van der Waals surface area (Å²) in [7, 11) is 2.14. The van der Waals surface area contributed by atoms with Gasteiger partial charge in [-0.25, -0.2) is 4.98 Å². The molecule has 1 fully saturated rings. The van der Waals surface area contributed by atoms with E-state index in [1.807, 2.05) is 42.2 Å². The molecule has 5 rings (SSSR count). The lowest BCUT2D eigenvalue weighted by molar-refractivity contribution is 0.0771. The first-order chi connectivity index (χ1) is 15.9. The van der Waals surface area contributed by atoms with E-state index in [0.29, 0.717) is 17.8 Å². The van der Waals surface area contributed by atoms with Crippen LogP contribution in [0.3, 0.4) is 0 Å². The summed E-state index contributed by atoms with van der Waals surface area (Å²) in [4.78, 5) is 28.0. The molecule has 0 radical (unpaired) electrons. The van der Waals surface area contributed by atoms with Gasteiger partial charge in [-0.1, -0.05) is 24.3 Å². The number of aromatic amines is 1. The first-order valence-electron chi connectivity index (χ1n) is 11.3. The third-order valence-electron chi connectivity index (χ3n) is 6.60. The summed E-state index contributed by atoms with van der Waals surface area (Å²) in [5.74, 6) is -0.0176. The quantitative estimate of drug-likeness (QED) is 0.471. The van der Waals surface area contributed by atoms with E-state index in [9.17, 15) is 4.79 Å². The van der Waals surface area contributed by atoms with E-state index in [0.717, 1.165) is 57.1 Å². The monoisotopic (exact) mass is 460 g/mol. The molecule has 0 unspecified atom stereocenters. The lowest BCUT2D eigenvalue weighted by atomic mass is 10.1. The standard InChI is InChI=1S/C25H28N6OS/c1-15(2)30(4)18-10-12-31(14-18)25(32)22-23(17-8-6-11-26-13-17)33-24(27-22)21-19-9-5-7-16(3)20(19)28-29-21/h5-9,11,13,15,18H,10,12,14H2,1-4H3,(H,28,29)/t18-/m0/s1. The number of hydrogen-bond acceptors (Lipinski definition) is 6. The van der Waals surface area contributed by atoms with Crippen LogP contribution in [-0.4, -0.2) is 68.1 Å². The number of nitrogens with zero attached hydrogens (tertiary/aromatic N) is 5. The van der Waals surface area contributed by atoms with Crippen LogP contribution in [0.5, 0.6) is 0 Å². The van der Waals surface area contributed by atoms with Gasteiger partial charge < -0.3 is 4.90 Å². The molecule has 1 amide bonds.